The maximum atomic E-state index is 12.8. The quantitative estimate of drug-likeness (QED) is 0.814. The first kappa shape index (κ1) is 18.5. The van der Waals surface area contributed by atoms with E-state index in [1.165, 1.54) is 0 Å². The minimum Gasteiger partial charge on any atom is -0.359 e. The van der Waals surface area contributed by atoms with E-state index in [9.17, 15) is 9.59 Å². The van der Waals surface area contributed by atoms with E-state index in [1.807, 2.05) is 18.7 Å². The number of carbonyl (C=O) groups is 2. The highest BCUT2D eigenvalue weighted by Gasteiger charge is 2.63. The van der Waals surface area contributed by atoms with E-state index in [1.54, 1.807) is 7.05 Å². The summed E-state index contributed by atoms with van der Waals surface area (Å²) < 4.78 is 0. The molecule has 2 aliphatic heterocycles. The molecule has 1 aliphatic carbocycles. The second-order valence-corrected chi connectivity index (χ2v) is 8.57. The summed E-state index contributed by atoms with van der Waals surface area (Å²) in [6.07, 6.45) is 4.17. The molecule has 0 bridgehead atoms. The van der Waals surface area contributed by atoms with E-state index in [0.717, 1.165) is 58.4 Å². The summed E-state index contributed by atoms with van der Waals surface area (Å²) >= 11 is 0. The van der Waals surface area contributed by atoms with E-state index in [-0.39, 0.29) is 28.8 Å². The van der Waals surface area contributed by atoms with Gasteiger partial charge in [0.05, 0.1) is 5.41 Å². The molecule has 142 valence electrons. The number of hydrogen-bond donors (Lipinski definition) is 2. The van der Waals surface area contributed by atoms with Crippen LogP contribution >= 0.6 is 0 Å². The lowest BCUT2D eigenvalue weighted by atomic mass is 9.65. The van der Waals surface area contributed by atoms with Crippen molar-refractivity contribution in [3.05, 3.63) is 0 Å². The fourth-order valence-electron chi connectivity index (χ4n) is 5.61. The first-order valence-electron chi connectivity index (χ1n) is 9.87. The maximum absolute atomic E-state index is 12.8. The molecule has 3 amide bonds. The Morgan fingerprint density at radius 2 is 1.84 bits per heavy atom. The molecule has 2 N–H and O–H groups in total. The Bertz CT molecular complexity index is 528. The van der Waals surface area contributed by atoms with Crippen LogP contribution in [0.3, 0.4) is 0 Å². The topological polar surface area (TPSA) is 64.7 Å². The number of fused-ring (bicyclic) bond motifs is 2. The Morgan fingerprint density at radius 3 is 2.40 bits per heavy atom. The van der Waals surface area contributed by atoms with Crippen molar-refractivity contribution in [3.63, 3.8) is 0 Å². The highest BCUT2D eigenvalue weighted by atomic mass is 16.2. The molecule has 2 atom stereocenters. The molecule has 2 saturated heterocycles. The number of hydrogen-bond acceptors (Lipinski definition) is 3. The van der Waals surface area contributed by atoms with Gasteiger partial charge in [0.1, 0.15) is 0 Å². The first-order valence-corrected chi connectivity index (χ1v) is 9.87. The third-order valence-corrected chi connectivity index (χ3v) is 7.01. The summed E-state index contributed by atoms with van der Waals surface area (Å²) in [7, 11) is 1.77. The average Bonchev–Trinajstić information content (AvgIpc) is 3.11. The summed E-state index contributed by atoms with van der Waals surface area (Å²) in [5, 5.41) is 5.95. The van der Waals surface area contributed by atoms with Gasteiger partial charge in [0, 0.05) is 39.3 Å². The smallest absolute Gasteiger partial charge is 0.317 e. The summed E-state index contributed by atoms with van der Waals surface area (Å²) in [6, 6.07) is 0.228. The molecule has 1 saturated carbocycles. The van der Waals surface area contributed by atoms with Gasteiger partial charge in [0.2, 0.25) is 5.91 Å². The van der Waals surface area contributed by atoms with Gasteiger partial charge in [-0.15, -0.1) is 0 Å². The van der Waals surface area contributed by atoms with Crippen LogP contribution in [0.5, 0.6) is 0 Å². The summed E-state index contributed by atoms with van der Waals surface area (Å²) in [5.41, 5.74) is 0.0121. The summed E-state index contributed by atoms with van der Waals surface area (Å²) in [4.78, 5) is 29.5. The fraction of sp³-hybridized carbons (Fsp3) is 0.895. The fourth-order valence-corrected chi connectivity index (χ4v) is 5.61. The van der Waals surface area contributed by atoms with Crippen molar-refractivity contribution >= 4 is 11.9 Å². The van der Waals surface area contributed by atoms with Crippen LogP contribution in [0.4, 0.5) is 4.79 Å². The van der Waals surface area contributed by atoms with Crippen LogP contribution in [0.2, 0.25) is 0 Å². The van der Waals surface area contributed by atoms with Crippen LogP contribution in [-0.4, -0.2) is 67.6 Å². The standard InChI is InChI=1S/C19H34N4O2/c1-5-22-12-15-18(6-7-19(15,13-22)16(24)20-4)8-10-23(11-9-18)17(25)21-14(2)3/h14-15H,5-13H2,1-4H3,(H,20,24)(H,21,25)/t15-,19+/m0/s1. The van der Waals surface area contributed by atoms with Gasteiger partial charge in [-0.1, -0.05) is 6.92 Å². The number of urea groups is 1. The molecule has 6 nitrogen and oxygen atoms in total. The average molecular weight is 351 g/mol. The van der Waals surface area contributed by atoms with E-state index in [4.69, 9.17) is 0 Å². The zero-order valence-corrected chi connectivity index (χ0v) is 16.2. The minimum absolute atomic E-state index is 0.0574. The van der Waals surface area contributed by atoms with Crippen molar-refractivity contribution in [2.45, 2.75) is 52.5 Å². The Kier molecular flexibility index (Phi) is 5.02. The van der Waals surface area contributed by atoms with Gasteiger partial charge in [-0.3, -0.25) is 4.79 Å². The molecule has 25 heavy (non-hydrogen) atoms. The van der Waals surface area contributed by atoms with Gasteiger partial charge in [-0.25, -0.2) is 4.79 Å². The van der Waals surface area contributed by atoms with Crippen LogP contribution < -0.4 is 10.6 Å². The normalized spacial score (nSPS) is 31.4. The molecular formula is C19H34N4O2. The van der Waals surface area contributed by atoms with Crippen molar-refractivity contribution in [2.75, 3.05) is 39.8 Å². The van der Waals surface area contributed by atoms with E-state index in [2.05, 4.69) is 22.5 Å². The third-order valence-electron chi connectivity index (χ3n) is 7.01. The number of carbonyl (C=O) groups excluding carboxylic acids is 2. The lowest BCUT2D eigenvalue weighted by Crippen LogP contribution is -2.51. The van der Waals surface area contributed by atoms with Gasteiger partial charge < -0.3 is 20.4 Å². The van der Waals surface area contributed by atoms with Crippen molar-refractivity contribution in [1.29, 1.82) is 0 Å². The Morgan fingerprint density at radius 1 is 1.16 bits per heavy atom. The second-order valence-electron chi connectivity index (χ2n) is 8.57. The van der Waals surface area contributed by atoms with E-state index < -0.39 is 0 Å². The van der Waals surface area contributed by atoms with Crippen LogP contribution in [0.1, 0.15) is 46.5 Å². The number of piperidine rings is 1. The molecule has 3 fully saturated rings. The van der Waals surface area contributed by atoms with E-state index >= 15 is 0 Å². The maximum Gasteiger partial charge on any atom is 0.317 e. The Hall–Kier alpha value is -1.30. The first-order chi connectivity index (χ1) is 11.9. The van der Waals surface area contributed by atoms with Crippen LogP contribution in [0.25, 0.3) is 0 Å². The highest BCUT2D eigenvalue weighted by Crippen LogP contribution is 2.62. The third kappa shape index (κ3) is 3.03. The predicted molar refractivity (Wildman–Crippen MR) is 98.2 cm³/mol. The van der Waals surface area contributed by atoms with Gasteiger partial charge in [0.25, 0.3) is 0 Å². The molecular weight excluding hydrogens is 316 g/mol. The molecule has 3 rings (SSSR count). The second kappa shape index (κ2) is 6.78. The molecule has 0 radical (unpaired) electrons. The number of amides is 3. The van der Waals surface area contributed by atoms with Gasteiger partial charge in [-0.2, -0.15) is 0 Å². The van der Waals surface area contributed by atoms with Crippen molar-refractivity contribution in [2.24, 2.45) is 16.7 Å². The van der Waals surface area contributed by atoms with Crippen LogP contribution in [0, 0.1) is 16.7 Å². The number of nitrogens with zero attached hydrogens (tertiary/aromatic N) is 2. The van der Waals surface area contributed by atoms with Crippen molar-refractivity contribution < 1.29 is 9.59 Å². The highest BCUT2D eigenvalue weighted by molar-refractivity contribution is 5.84. The molecule has 0 aromatic heterocycles. The van der Waals surface area contributed by atoms with Gasteiger partial charge in [-0.05, 0) is 57.4 Å². The number of rotatable bonds is 3. The van der Waals surface area contributed by atoms with E-state index in [0.29, 0.717) is 5.92 Å². The summed E-state index contributed by atoms with van der Waals surface area (Å²) in [5.74, 6) is 0.653. The van der Waals surface area contributed by atoms with Crippen molar-refractivity contribution in [3.8, 4) is 0 Å². The molecule has 2 heterocycles. The predicted octanol–water partition coefficient (Wildman–Crippen LogP) is 1.66. The Balaban J connectivity index is 1.74. The van der Waals surface area contributed by atoms with Gasteiger partial charge in [0.15, 0.2) is 0 Å². The van der Waals surface area contributed by atoms with Crippen molar-refractivity contribution in [1.82, 2.24) is 20.4 Å². The number of nitrogens with one attached hydrogen (secondary N) is 2. The summed E-state index contributed by atoms with van der Waals surface area (Å²) in [6.45, 7) is 10.7. The molecule has 0 unspecified atom stereocenters. The monoisotopic (exact) mass is 350 g/mol. The zero-order chi connectivity index (χ0) is 18.2. The van der Waals surface area contributed by atoms with Crippen LogP contribution in [0.15, 0.2) is 0 Å². The number of likely N-dealkylation sites (tertiary alicyclic amines) is 2. The molecule has 0 aromatic rings. The zero-order valence-electron chi connectivity index (χ0n) is 16.2. The minimum atomic E-state index is -0.215. The molecule has 0 aromatic carbocycles. The molecule has 6 heteroatoms. The molecule has 3 aliphatic rings. The Labute approximate surface area is 151 Å². The molecule has 1 spiro atoms. The lowest BCUT2D eigenvalue weighted by Gasteiger charge is -2.44. The SMILES string of the molecule is CCN1C[C@H]2C3(CCN(C(=O)NC(C)C)CC3)CC[C@@]2(C(=O)NC)C1. The lowest BCUT2D eigenvalue weighted by molar-refractivity contribution is -0.132. The van der Waals surface area contributed by atoms with Crippen LogP contribution in [-0.2, 0) is 4.79 Å². The van der Waals surface area contributed by atoms with Gasteiger partial charge >= 0.3 is 6.03 Å². The largest absolute Gasteiger partial charge is 0.359 e.